The highest BCUT2D eigenvalue weighted by molar-refractivity contribution is 6.20. The number of para-hydroxylation sites is 1. The van der Waals surface area contributed by atoms with Gasteiger partial charge in [0.15, 0.2) is 5.75 Å². The maximum absolute atomic E-state index is 12.6. The van der Waals surface area contributed by atoms with Gasteiger partial charge in [-0.2, -0.15) is 0 Å². The minimum atomic E-state index is -0.925. The Hall–Kier alpha value is -3.88. The maximum Gasteiger partial charge on any atom is 0.345 e. The number of rotatable bonds is 4. The lowest BCUT2D eigenvalue weighted by molar-refractivity contribution is -0.488. The van der Waals surface area contributed by atoms with Crippen molar-refractivity contribution in [2.45, 2.75) is 6.92 Å². The maximum atomic E-state index is 12.6. The van der Waals surface area contributed by atoms with Crippen molar-refractivity contribution in [1.82, 2.24) is 0 Å². The Kier molecular flexibility index (Phi) is 4.99. The number of pyridine rings is 1. The predicted octanol–water partition coefficient (Wildman–Crippen LogP) is 0.900. The molecule has 0 aliphatic heterocycles. The number of hydrogen-bond acceptors (Lipinski definition) is 8. The lowest BCUT2D eigenvalue weighted by Gasteiger charge is -2.06. The molecule has 9 nitrogen and oxygen atoms in total. The standard InChI is InChI=1S/C19H15NO8/c1-10(21)27-14-9-15-20(13-7-5-4-6-11(13)14)17(19(24)28-15)12(18(23)26-3)8-16(22)25-2/h4-9H,1-3H3. The summed E-state index contributed by atoms with van der Waals surface area (Å²) in [6.07, 6.45) is 0.847. The lowest BCUT2D eigenvalue weighted by atomic mass is 10.1. The van der Waals surface area contributed by atoms with Gasteiger partial charge in [0.05, 0.1) is 25.7 Å². The van der Waals surface area contributed by atoms with Gasteiger partial charge in [0.2, 0.25) is 11.2 Å². The molecular weight excluding hydrogens is 370 g/mol. The van der Waals surface area contributed by atoms with E-state index in [1.165, 1.54) is 17.4 Å². The average Bonchev–Trinajstić information content (AvgIpc) is 3.00. The number of hydrogen-bond donors (Lipinski definition) is 0. The Bertz CT molecular complexity index is 1140. The summed E-state index contributed by atoms with van der Waals surface area (Å²) >= 11 is 0. The van der Waals surface area contributed by atoms with Crippen LogP contribution in [0.3, 0.4) is 0 Å². The van der Waals surface area contributed by atoms with Gasteiger partial charge in [0.1, 0.15) is 11.5 Å². The molecule has 0 amide bonds. The monoisotopic (exact) mass is 385 g/mol. The molecule has 0 atom stereocenters. The van der Waals surface area contributed by atoms with Crippen LogP contribution < -0.4 is 14.2 Å². The molecule has 1 aromatic carbocycles. The van der Waals surface area contributed by atoms with Gasteiger partial charge in [-0.3, -0.25) is 4.79 Å². The molecule has 144 valence electrons. The first-order valence-electron chi connectivity index (χ1n) is 8.01. The molecule has 3 rings (SSSR count). The number of aromatic nitrogens is 1. The minimum absolute atomic E-state index is 0.00891. The molecule has 28 heavy (non-hydrogen) atoms. The largest absolute Gasteiger partial charge is 0.540 e. The highest BCUT2D eigenvalue weighted by atomic mass is 16.5. The number of esters is 3. The Balaban J connectivity index is 2.42. The van der Waals surface area contributed by atoms with Crippen LogP contribution in [0.15, 0.2) is 40.8 Å². The van der Waals surface area contributed by atoms with E-state index in [0.717, 1.165) is 20.3 Å². The molecule has 0 spiro atoms. The van der Waals surface area contributed by atoms with E-state index >= 15 is 0 Å². The van der Waals surface area contributed by atoms with Crippen LogP contribution in [0.1, 0.15) is 12.6 Å². The van der Waals surface area contributed by atoms with Gasteiger partial charge in [0, 0.05) is 19.1 Å². The van der Waals surface area contributed by atoms with E-state index in [1.807, 2.05) is 0 Å². The van der Waals surface area contributed by atoms with Gasteiger partial charge >= 0.3 is 17.9 Å². The number of carbonyl (C=O) groups is 3. The molecule has 0 saturated heterocycles. The van der Waals surface area contributed by atoms with Gasteiger partial charge in [-0.05, 0) is 6.07 Å². The smallest absolute Gasteiger partial charge is 0.345 e. The Morgan fingerprint density at radius 2 is 1.86 bits per heavy atom. The molecule has 3 aromatic rings. The van der Waals surface area contributed by atoms with Crippen molar-refractivity contribution in [3.8, 4) is 11.7 Å². The Morgan fingerprint density at radius 3 is 2.50 bits per heavy atom. The van der Waals surface area contributed by atoms with Crippen LogP contribution in [0.5, 0.6) is 11.7 Å². The molecule has 0 saturated carbocycles. The van der Waals surface area contributed by atoms with E-state index in [1.54, 1.807) is 24.3 Å². The van der Waals surface area contributed by atoms with Crippen LogP contribution in [0.4, 0.5) is 0 Å². The SMILES string of the molecule is COC(=O)/C=C(/C(=O)OC)c1c([O-])oc2cc(OC(C)=O)c3ccccc3[n+]12. The second kappa shape index (κ2) is 7.39. The van der Waals surface area contributed by atoms with Crippen molar-refractivity contribution in [1.29, 1.82) is 0 Å². The van der Waals surface area contributed by atoms with Crippen molar-refractivity contribution in [2.24, 2.45) is 0 Å². The first kappa shape index (κ1) is 18.9. The third kappa shape index (κ3) is 3.25. The number of ether oxygens (including phenoxy) is 3. The van der Waals surface area contributed by atoms with E-state index in [-0.39, 0.29) is 22.7 Å². The summed E-state index contributed by atoms with van der Waals surface area (Å²) < 4.78 is 21.0. The molecule has 0 aliphatic carbocycles. The normalized spacial score (nSPS) is 11.5. The van der Waals surface area contributed by atoms with Crippen LogP contribution >= 0.6 is 0 Å². The molecule has 2 aromatic heterocycles. The van der Waals surface area contributed by atoms with Crippen molar-refractivity contribution in [2.75, 3.05) is 14.2 Å². The van der Waals surface area contributed by atoms with Crippen LogP contribution in [0.2, 0.25) is 0 Å². The molecule has 2 heterocycles. The zero-order valence-electron chi connectivity index (χ0n) is 15.2. The van der Waals surface area contributed by atoms with Crippen molar-refractivity contribution in [3.63, 3.8) is 0 Å². The molecule has 0 aliphatic rings. The zero-order valence-corrected chi connectivity index (χ0v) is 15.2. The van der Waals surface area contributed by atoms with Crippen LogP contribution in [0.25, 0.3) is 22.2 Å². The summed E-state index contributed by atoms with van der Waals surface area (Å²) in [6, 6.07) is 8.06. The third-order valence-electron chi connectivity index (χ3n) is 3.88. The van der Waals surface area contributed by atoms with Crippen molar-refractivity contribution >= 4 is 40.1 Å². The first-order valence-corrected chi connectivity index (χ1v) is 8.01. The number of nitrogens with zero attached hydrogens (tertiary/aromatic N) is 1. The Morgan fingerprint density at radius 1 is 1.14 bits per heavy atom. The molecule has 0 bridgehead atoms. The summed E-state index contributed by atoms with van der Waals surface area (Å²) in [4.78, 5) is 35.4. The summed E-state index contributed by atoms with van der Waals surface area (Å²) in [5.74, 6) is -3.03. The summed E-state index contributed by atoms with van der Waals surface area (Å²) in [5, 5.41) is 13.0. The van der Waals surface area contributed by atoms with Crippen LogP contribution in [-0.2, 0) is 23.9 Å². The van der Waals surface area contributed by atoms with Gasteiger partial charge in [0.25, 0.3) is 5.71 Å². The van der Waals surface area contributed by atoms with Gasteiger partial charge in [-0.1, -0.05) is 12.1 Å². The fourth-order valence-electron chi connectivity index (χ4n) is 2.77. The number of carbonyl (C=O) groups excluding carboxylic acids is 3. The first-order chi connectivity index (χ1) is 13.4. The number of oxazole rings is 1. The molecule has 0 N–H and O–H groups in total. The summed E-state index contributed by atoms with van der Waals surface area (Å²) in [5.41, 5.74) is -0.141. The van der Waals surface area contributed by atoms with E-state index in [9.17, 15) is 19.5 Å². The van der Waals surface area contributed by atoms with E-state index in [0.29, 0.717) is 10.9 Å². The average molecular weight is 385 g/mol. The van der Waals surface area contributed by atoms with Gasteiger partial charge in [-0.25, -0.2) is 9.59 Å². The van der Waals surface area contributed by atoms with Crippen molar-refractivity contribution < 1.29 is 42.5 Å². The molecular formula is C19H15NO8. The van der Waals surface area contributed by atoms with E-state index in [2.05, 4.69) is 4.74 Å². The topological polar surface area (TPSA) is 119 Å². The van der Waals surface area contributed by atoms with Crippen molar-refractivity contribution in [3.05, 3.63) is 42.1 Å². The fraction of sp³-hybridized carbons (Fsp3) is 0.158. The van der Waals surface area contributed by atoms with Gasteiger partial charge < -0.3 is 23.7 Å². The number of methoxy groups -OCH3 is 2. The van der Waals surface area contributed by atoms with Gasteiger partial charge in [-0.15, -0.1) is 4.40 Å². The lowest BCUT2D eigenvalue weighted by Crippen LogP contribution is -2.28. The summed E-state index contributed by atoms with van der Waals surface area (Å²) in [6.45, 7) is 1.24. The second-order valence-corrected chi connectivity index (χ2v) is 5.60. The van der Waals surface area contributed by atoms with E-state index < -0.39 is 23.9 Å². The molecule has 0 fully saturated rings. The number of fused-ring (bicyclic) bond motifs is 3. The Labute approximate surface area is 158 Å². The highest BCUT2D eigenvalue weighted by Gasteiger charge is 2.30. The highest BCUT2D eigenvalue weighted by Crippen LogP contribution is 2.31. The zero-order chi connectivity index (χ0) is 20.4. The summed E-state index contributed by atoms with van der Waals surface area (Å²) in [7, 11) is 2.25. The van der Waals surface area contributed by atoms with Crippen LogP contribution in [0, 0.1) is 0 Å². The quantitative estimate of drug-likeness (QED) is 0.369. The second-order valence-electron chi connectivity index (χ2n) is 5.60. The molecule has 0 radical (unpaired) electrons. The predicted molar refractivity (Wildman–Crippen MR) is 92.1 cm³/mol. The molecule has 0 unspecified atom stereocenters. The molecule has 9 heteroatoms. The fourth-order valence-corrected chi connectivity index (χ4v) is 2.77. The number of benzene rings is 1. The van der Waals surface area contributed by atoms with E-state index in [4.69, 9.17) is 13.9 Å². The third-order valence-corrected chi connectivity index (χ3v) is 3.88. The minimum Gasteiger partial charge on any atom is -0.540 e. The van der Waals surface area contributed by atoms with Crippen LogP contribution in [-0.4, -0.2) is 32.1 Å².